The first kappa shape index (κ1) is 16.3. The fourth-order valence-electron chi connectivity index (χ4n) is 4.60. The van der Waals surface area contributed by atoms with Gasteiger partial charge in [-0.2, -0.15) is 5.10 Å². The van der Waals surface area contributed by atoms with Crippen molar-refractivity contribution in [1.82, 2.24) is 15.5 Å². The number of ether oxygens (including phenoxy) is 1. The summed E-state index contributed by atoms with van der Waals surface area (Å²) in [7, 11) is 0. The lowest BCUT2D eigenvalue weighted by molar-refractivity contribution is -0.127. The Morgan fingerprint density at radius 1 is 1.32 bits per heavy atom. The Kier molecular flexibility index (Phi) is 4.07. The molecule has 2 aliphatic rings. The molecule has 6 heteroatoms. The van der Waals surface area contributed by atoms with Gasteiger partial charge in [0, 0.05) is 23.4 Å². The molecule has 2 N–H and O–H groups in total. The number of rotatable bonds is 4. The monoisotopic (exact) mass is 341 g/mol. The Balaban J connectivity index is 1.59. The highest BCUT2D eigenvalue weighted by Gasteiger charge is 2.57. The maximum Gasteiger partial charge on any atom is 0.272 e. The Labute approximate surface area is 146 Å². The molecule has 6 nitrogen and oxygen atoms in total. The fraction of sp³-hybridized carbons (Fsp3) is 0.526. The maximum absolute atomic E-state index is 12.8. The van der Waals surface area contributed by atoms with Crippen molar-refractivity contribution in [3.05, 3.63) is 40.3 Å². The van der Waals surface area contributed by atoms with E-state index in [4.69, 9.17) is 4.74 Å². The summed E-state index contributed by atoms with van der Waals surface area (Å²) in [6.07, 6.45) is 5.67. The molecule has 0 unspecified atom stereocenters. The van der Waals surface area contributed by atoms with Crippen molar-refractivity contribution in [3.8, 4) is 0 Å². The number of carbonyl (C=O) groups excluding carboxylic acids is 1. The van der Waals surface area contributed by atoms with Gasteiger partial charge in [0.05, 0.1) is 11.5 Å². The van der Waals surface area contributed by atoms with Crippen molar-refractivity contribution < 1.29 is 9.53 Å². The van der Waals surface area contributed by atoms with Gasteiger partial charge < -0.3 is 10.1 Å². The van der Waals surface area contributed by atoms with Crippen LogP contribution in [0.2, 0.25) is 0 Å². The smallest absolute Gasteiger partial charge is 0.272 e. The molecule has 0 saturated heterocycles. The van der Waals surface area contributed by atoms with Crippen LogP contribution in [0, 0.1) is 5.41 Å². The maximum atomic E-state index is 12.8. The van der Waals surface area contributed by atoms with Crippen LogP contribution < -0.4 is 10.9 Å². The van der Waals surface area contributed by atoms with E-state index in [9.17, 15) is 9.59 Å². The fourth-order valence-corrected chi connectivity index (χ4v) is 4.60. The number of hydrogen-bond acceptors (Lipinski definition) is 4. The predicted octanol–water partition coefficient (Wildman–Crippen LogP) is 2.39. The zero-order chi connectivity index (χ0) is 17.4. The lowest BCUT2D eigenvalue weighted by Crippen LogP contribution is -2.63. The van der Waals surface area contributed by atoms with E-state index in [1.807, 2.05) is 13.0 Å². The second kappa shape index (κ2) is 6.26. The first-order valence-electron chi connectivity index (χ1n) is 9.05. The van der Waals surface area contributed by atoms with Gasteiger partial charge in [0.25, 0.3) is 11.5 Å². The number of carbonyl (C=O) groups is 1. The van der Waals surface area contributed by atoms with Crippen LogP contribution in [0.1, 0.15) is 49.5 Å². The molecule has 1 spiro atoms. The van der Waals surface area contributed by atoms with Crippen LogP contribution in [-0.4, -0.2) is 34.9 Å². The Morgan fingerprint density at radius 2 is 2.04 bits per heavy atom. The first-order chi connectivity index (χ1) is 12.2. The third kappa shape index (κ3) is 2.56. The van der Waals surface area contributed by atoms with E-state index in [0.717, 1.165) is 19.3 Å². The standard InChI is InChI=1S/C19H23N3O3/c1-2-25-15-11-14(19(15)9-5-6-10-19)20-18(24)16-12-7-3-4-8-13(12)17(23)22-21-16/h3-4,7-8,14-15H,2,5-6,9-11H2,1H3,(H,20,24)(H,22,23)/t14-,15+/m1/s1. The van der Waals surface area contributed by atoms with Crippen LogP contribution in [0.15, 0.2) is 29.1 Å². The van der Waals surface area contributed by atoms with Gasteiger partial charge in [0.2, 0.25) is 0 Å². The number of nitrogens with one attached hydrogen (secondary N) is 2. The lowest BCUT2D eigenvalue weighted by Gasteiger charge is -2.54. The predicted molar refractivity (Wildman–Crippen MR) is 94.5 cm³/mol. The minimum absolute atomic E-state index is 0.0731. The summed E-state index contributed by atoms with van der Waals surface area (Å²) in [5.74, 6) is -0.223. The van der Waals surface area contributed by atoms with E-state index in [-0.39, 0.29) is 34.7 Å². The number of aromatic amines is 1. The highest BCUT2D eigenvalue weighted by molar-refractivity contribution is 6.04. The van der Waals surface area contributed by atoms with E-state index in [1.165, 1.54) is 12.8 Å². The molecule has 1 heterocycles. The normalized spacial score (nSPS) is 24.4. The highest BCUT2D eigenvalue weighted by atomic mass is 16.5. The molecule has 4 rings (SSSR count). The molecule has 2 saturated carbocycles. The highest BCUT2D eigenvalue weighted by Crippen LogP contribution is 2.54. The largest absolute Gasteiger partial charge is 0.378 e. The average Bonchev–Trinajstić information content (AvgIpc) is 3.14. The van der Waals surface area contributed by atoms with E-state index in [0.29, 0.717) is 17.4 Å². The molecule has 0 aliphatic heterocycles. The first-order valence-corrected chi connectivity index (χ1v) is 9.05. The summed E-state index contributed by atoms with van der Waals surface area (Å²) >= 11 is 0. The van der Waals surface area contributed by atoms with Gasteiger partial charge in [-0.25, -0.2) is 5.10 Å². The van der Waals surface area contributed by atoms with Gasteiger partial charge in [0.15, 0.2) is 5.69 Å². The summed E-state index contributed by atoms with van der Waals surface area (Å²) in [5, 5.41) is 10.7. The number of aromatic nitrogens is 2. The van der Waals surface area contributed by atoms with E-state index >= 15 is 0 Å². The van der Waals surface area contributed by atoms with Crippen molar-refractivity contribution in [2.45, 2.75) is 51.2 Å². The van der Waals surface area contributed by atoms with Crippen molar-refractivity contribution in [3.63, 3.8) is 0 Å². The average molecular weight is 341 g/mol. The molecule has 2 atom stereocenters. The number of hydrogen-bond donors (Lipinski definition) is 2. The van der Waals surface area contributed by atoms with Gasteiger partial charge in [-0.05, 0) is 32.3 Å². The molecule has 2 aliphatic carbocycles. The van der Waals surface area contributed by atoms with Crippen LogP contribution in [-0.2, 0) is 4.74 Å². The van der Waals surface area contributed by atoms with Crippen LogP contribution in [0.5, 0.6) is 0 Å². The lowest BCUT2D eigenvalue weighted by atomic mass is 9.60. The summed E-state index contributed by atoms with van der Waals surface area (Å²) in [6, 6.07) is 7.19. The van der Waals surface area contributed by atoms with Gasteiger partial charge in [-0.3, -0.25) is 9.59 Å². The molecule has 2 fully saturated rings. The Hall–Kier alpha value is -2.21. The van der Waals surface area contributed by atoms with Gasteiger partial charge >= 0.3 is 0 Å². The van der Waals surface area contributed by atoms with E-state index < -0.39 is 0 Å². The van der Waals surface area contributed by atoms with Crippen molar-refractivity contribution in [1.29, 1.82) is 0 Å². The third-order valence-electron chi connectivity index (χ3n) is 5.90. The number of H-pyrrole nitrogens is 1. The summed E-state index contributed by atoms with van der Waals surface area (Å²) in [5.41, 5.74) is 0.0756. The molecule has 1 aromatic heterocycles. The second-order valence-corrected chi connectivity index (χ2v) is 7.09. The topological polar surface area (TPSA) is 84.1 Å². The van der Waals surface area contributed by atoms with Crippen LogP contribution in [0.3, 0.4) is 0 Å². The molecule has 1 aromatic carbocycles. The zero-order valence-corrected chi connectivity index (χ0v) is 14.4. The molecular weight excluding hydrogens is 318 g/mol. The van der Waals surface area contributed by atoms with Crippen molar-refractivity contribution in [2.24, 2.45) is 5.41 Å². The SMILES string of the molecule is CCO[C@H]1C[C@@H](NC(=O)c2n[nH]c(=O)c3ccccc23)C12CCCC2. The van der Waals surface area contributed by atoms with Gasteiger partial charge in [-0.15, -0.1) is 0 Å². The van der Waals surface area contributed by atoms with E-state index in [2.05, 4.69) is 15.5 Å². The molecule has 1 amide bonds. The number of nitrogens with zero attached hydrogens (tertiary/aromatic N) is 1. The third-order valence-corrected chi connectivity index (χ3v) is 5.90. The molecule has 0 bridgehead atoms. The molecule has 2 aromatic rings. The van der Waals surface area contributed by atoms with E-state index in [1.54, 1.807) is 18.2 Å². The molecular formula is C19H23N3O3. The number of amides is 1. The zero-order valence-electron chi connectivity index (χ0n) is 14.4. The molecule has 25 heavy (non-hydrogen) atoms. The van der Waals surface area contributed by atoms with Gasteiger partial charge in [-0.1, -0.05) is 31.0 Å². The Morgan fingerprint density at radius 3 is 2.76 bits per heavy atom. The summed E-state index contributed by atoms with van der Waals surface area (Å²) in [4.78, 5) is 24.7. The minimum atomic E-state index is -0.278. The Bertz CT molecular complexity index is 854. The molecule has 132 valence electrons. The second-order valence-electron chi connectivity index (χ2n) is 7.09. The quantitative estimate of drug-likeness (QED) is 0.894. The minimum Gasteiger partial charge on any atom is -0.378 e. The summed E-state index contributed by atoms with van der Waals surface area (Å²) in [6.45, 7) is 2.73. The van der Waals surface area contributed by atoms with Crippen molar-refractivity contribution in [2.75, 3.05) is 6.61 Å². The van der Waals surface area contributed by atoms with Crippen LogP contribution in [0.25, 0.3) is 10.8 Å². The molecule has 0 radical (unpaired) electrons. The summed E-state index contributed by atoms with van der Waals surface area (Å²) < 4.78 is 5.90. The van der Waals surface area contributed by atoms with Gasteiger partial charge in [0.1, 0.15) is 0 Å². The van der Waals surface area contributed by atoms with Crippen molar-refractivity contribution >= 4 is 16.7 Å². The number of benzene rings is 1. The van der Waals surface area contributed by atoms with Crippen LogP contribution in [0.4, 0.5) is 0 Å². The number of fused-ring (bicyclic) bond motifs is 1. The van der Waals surface area contributed by atoms with Crippen LogP contribution >= 0.6 is 0 Å².